The van der Waals surface area contributed by atoms with Crippen LogP contribution in [0.25, 0.3) is 0 Å². The maximum absolute atomic E-state index is 13.2. The number of methoxy groups -OCH3 is 3. The monoisotopic (exact) mass is 479 g/mol. The van der Waals surface area contributed by atoms with Crippen LogP contribution in [0.1, 0.15) is 16.8 Å². The second-order valence-electron chi connectivity index (χ2n) is 7.02. The second kappa shape index (κ2) is 9.61. The van der Waals surface area contributed by atoms with Crippen molar-refractivity contribution < 1.29 is 27.4 Å². The Morgan fingerprint density at radius 1 is 1.00 bits per heavy atom. The van der Waals surface area contributed by atoms with Crippen LogP contribution in [0, 0.1) is 0 Å². The van der Waals surface area contributed by atoms with E-state index in [4.69, 9.17) is 26.4 Å². The third-order valence-electron chi connectivity index (χ3n) is 4.93. The first kappa shape index (κ1) is 23.6. The number of anilines is 1. The van der Waals surface area contributed by atoms with Crippen LogP contribution in [0.2, 0.25) is 0 Å². The molecule has 1 aliphatic rings. The highest BCUT2D eigenvalue weighted by Crippen LogP contribution is 2.40. The maximum atomic E-state index is 13.2. The summed E-state index contributed by atoms with van der Waals surface area (Å²) in [6.45, 7) is 0.914. The molecule has 0 atom stereocenters. The van der Waals surface area contributed by atoms with E-state index in [1.54, 1.807) is 29.3 Å². The summed E-state index contributed by atoms with van der Waals surface area (Å²) in [6, 6.07) is 9.56. The quantitative estimate of drug-likeness (QED) is 0.627. The van der Waals surface area contributed by atoms with E-state index in [9.17, 15) is 13.2 Å². The van der Waals surface area contributed by atoms with Gasteiger partial charge >= 0.3 is 0 Å². The van der Waals surface area contributed by atoms with Crippen molar-refractivity contribution in [3.8, 4) is 17.2 Å². The van der Waals surface area contributed by atoms with E-state index in [0.717, 1.165) is 6.26 Å². The molecule has 1 N–H and O–H groups in total. The lowest BCUT2D eigenvalue weighted by Gasteiger charge is -2.30. The van der Waals surface area contributed by atoms with Crippen LogP contribution in [0.4, 0.5) is 5.69 Å². The summed E-state index contributed by atoms with van der Waals surface area (Å²) in [4.78, 5) is 13.2. The van der Waals surface area contributed by atoms with Gasteiger partial charge in [-0.05, 0) is 30.8 Å². The highest BCUT2D eigenvalue weighted by Gasteiger charge is 2.32. The zero-order valence-corrected chi connectivity index (χ0v) is 19.9. The van der Waals surface area contributed by atoms with Crippen molar-refractivity contribution in [3.63, 3.8) is 0 Å². The normalized spacial score (nSPS) is 13.6. The van der Waals surface area contributed by atoms with Crippen molar-refractivity contribution >= 4 is 38.8 Å². The fourth-order valence-electron chi connectivity index (χ4n) is 3.48. The first-order chi connectivity index (χ1) is 15.2. The van der Waals surface area contributed by atoms with Gasteiger partial charge in [0.25, 0.3) is 5.91 Å². The molecule has 2 aromatic rings. The molecule has 11 heteroatoms. The molecule has 1 aliphatic heterocycles. The Morgan fingerprint density at radius 3 is 2.16 bits per heavy atom. The van der Waals surface area contributed by atoms with Gasteiger partial charge in [-0.3, -0.25) is 9.80 Å². The Kier molecular flexibility index (Phi) is 7.09. The van der Waals surface area contributed by atoms with Crippen molar-refractivity contribution in [1.82, 2.24) is 10.0 Å². The van der Waals surface area contributed by atoms with Crippen LogP contribution in [0.3, 0.4) is 0 Å². The van der Waals surface area contributed by atoms with E-state index >= 15 is 0 Å². The number of benzene rings is 2. The number of sulfone groups is 1. The van der Waals surface area contributed by atoms with Gasteiger partial charge in [-0.25, -0.2) is 13.4 Å². The first-order valence-electron chi connectivity index (χ1n) is 9.70. The summed E-state index contributed by atoms with van der Waals surface area (Å²) in [5, 5.41) is 6.46. The number of nitrogens with one attached hydrogen (secondary N) is 1. The molecule has 2 aromatic carbocycles. The molecule has 1 fully saturated rings. The SMILES string of the molecule is COc1cc(NC(=S)N2CCCN2C(=O)c2ccccc2S(C)(=O)=O)cc(OC)c1OC. The minimum Gasteiger partial charge on any atom is -0.493 e. The number of hydrazine groups is 1. The summed E-state index contributed by atoms with van der Waals surface area (Å²) >= 11 is 5.56. The maximum Gasteiger partial charge on any atom is 0.273 e. The molecule has 1 saturated heterocycles. The highest BCUT2D eigenvalue weighted by molar-refractivity contribution is 7.90. The summed E-state index contributed by atoms with van der Waals surface area (Å²) in [6.07, 6.45) is 1.77. The van der Waals surface area contributed by atoms with E-state index in [1.165, 1.54) is 38.5 Å². The van der Waals surface area contributed by atoms with Crippen molar-refractivity contribution in [1.29, 1.82) is 0 Å². The lowest BCUT2D eigenvalue weighted by molar-refractivity contribution is 0.0497. The number of nitrogens with zero attached hydrogens (tertiary/aromatic N) is 2. The third-order valence-corrected chi connectivity index (χ3v) is 6.40. The van der Waals surface area contributed by atoms with Gasteiger partial charge in [-0.15, -0.1) is 0 Å². The molecule has 0 spiro atoms. The van der Waals surface area contributed by atoms with Crippen molar-refractivity contribution in [2.24, 2.45) is 0 Å². The molecule has 1 amide bonds. The predicted molar refractivity (Wildman–Crippen MR) is 124 cm³/mol. The molecule has 0 saturated carbocycles. The van der Waals surface area contributed by atoms with Crippen molar-refractivity contribution in [2.75, 3.05) is 46.0 Å². The van der Waals surface area contributed by atoms with E-state index in [2.05, 4.69) is 5.32 Å². The Morgan fingerprint density at radius 2 is 1.59 bits per heavy atom. The van der Waals surface area contributed by atoms with Crippen LogP contribution in [-0.2, 0) is 9.84 Å². The van der Waals surface area contributed by atoms with E-state index in [-0.39, 0.29) is 15.6 Å². The summed E-state index contributed by atoms with van der Waals surface area (Å²) in [5.41, 5.74) is 0.692. The Labute approximate surface area is 192 Å². The number of ether oxygens (including phenoxy) is 3. The first-order valence-corrected chi connectivity index (χ1v) is 12.0. The molecular weight excluding hydrogens is 454 g/mol. The molecular formula is C21H25N3O6S2. The molecule has 9 nitrogen and oxygen atoms in total. The Bertz CT molecular complexity index is 1110. The van der Waals surface area contributed by atoms with Crippen LogP contribution in [0.5, 0.6) is 17.2 Å². The van der Waals surface area contributed by atoms with Gasteiger partial charge in [-0.1, -0.05) is 12.1 Å². The smallest absolute Gasteiger partial charge is 0.273 e. The Hall–Kier alpha value is -3.05. The molecule has 32 heavy (non-hydrogen) atoms. The molecule has 0 bridgehead atoms. The van der Waals surface area contributed by atoms with Gasteiger partial charge in [0.05, 0.1) is 31.8 Å². The zero-order chi connectivity index (χ0) is 23.5. The fourth-order valence-corrected chi connectivity index (χ4v) is 4.67. The van der Waals surface area contributed by atoms with Crippen LogP contribution in [-0.4, -0.2) is 70.1 Å². The van der Waals surface area contributed by atoms with Crippen LogP contribution >= 0.6 is 12.2 Å². The predicted octanol–water partition coefficient (Wildman–Crippen LogP) is 2.58. The lowest BCUT2D eigenvalue weighted by Crippen LogP contribution is -2.46. The van der Waals surface area contributed by atoms with Gasteiger partial charge in [0.1, 0.15) is 0 Å². The Balaban J connectivity index is 1.87. The summed E-state index contributed by atoms with van der Waals surface area (Å²) in [7, 11) is 0.970. The fraction of sp³-hybridized carbons (Fsp3) is 0.333. The number of thiocarbonyl (C=S) groups is 1. The molecule has 1 heterocycles. The van der Waals surface area contributed by atoms with Gasteiger partial charge in [0.2, 0.25) is 5.75 Å². The zero-order valence-electron chi connectivity index (χ0n) is 18.2. The van der Waals surface area contributed by atoms with E-state index in [0.29, 0.717) is 42.4 Å². The minimum absolute atomic E-state index is 0.0136. The molecule has 172 valence electrons. The lowest BCUT2D eigenvalue weighted by atomic mass is 10.2. The number of amides is 1. The second-order valence-corrected chi connectivity index (χ2v) is 9.39. The van der Waals surface area contributed by atoms with Gasteiger partial charge in [0.15, 0.2) is 26.4 Å². The van der Waals surface area contributed by atoms with Crippen LogP contribution in [0.15, 0.2) is 41.3 Å². The van der Waals surface area contributed by atoms with Gasteiger partial charge < -0.3 is 19.5 Å². The van der Waals surface area contributed by atoms with Crippen molar-refractivity contribution in [2.45, 2.75) is 11.3 Å². The molecule has 3 rings (SSSR count). The number of carbonyl (C=O) groups excluding carboxylic acids is 1. The third kappa shape index (κ3) is 4.73. The molecule has 0 aliphatic carbocycles. The average Bonchev–Trinajstić information content (AvgIpc) is 3.27. The van der Waals surface area contributed by atoms with Crippen LogP contribution < -0.4 is 19.5 Å². The molecule has 0 unspecified atom stereocenters. The standard InChI is InChI=1S/C21H25N3O6S2/c1-28-16-12-14(13-17(29-2)19(16)30-3)22-21(31)24-11-7-10-23(24)20(25)15-8-5-6-9-18(15)32(4,26)27/h5-6,8-9,12-13H,7,10-11H2,1-4H3,(H,22,31). The summed E-state index contributed by atoms with van der Waals surface area (Å²) < 4.78 is 40.4. The minimum atomic E-state index is -3.57. The number of hydrogen-bond acceptors (Lipinski definition) is 7. The number of carbonyl (C=O) groups is 1. The summed E-state index contributed by atoms with van der Waals surface area (Å²) in [5.74, 6) is 0.918. The van der Waals surface area contributed by atoms with Gasteiger partial charge in [0, 0.05) is 37.2 Å². The number of hydrogen-bond donors (Lipinski definition) is 1. The van der Waals surface area contributed by atoms with E-state index < -0.39 is 15.7 Å². The topological polar surface area (TPSA) is 97.4 Å². The number of rotatable bonds is 6. The highest BCUT2D eigenvalue weighted by atomic mass is 32.2. The van der Waals surface area contributed by atoms with Gasteiger partial charge in [-0.2, -0.15) is 0 Å². The largest absolute Gasteiger partial charge is 0.493 e. The van der Waals surface area contributed by atoms with Crippen molar-refractivity contribution in [3.05, 3.63) is 42.0 Å². The molecule has 0 radical (unpaired) electrons. The average molecular weight is 480 g/mol. The van der Waals surface area contributed by atoms with E-state index in [1.807, 2.05) is 0 Å². The molecule has 0 aromatic heterocycles.